The molecular weight excluding hydrogens is 294 g/mol. The van der Waals surface area contributed by atoms with Crippen LogP contribution in [0.2, 0.25) is 0 Å². The van der Waals surface area contributed by atoms with Crippen molar-refractivity contribution in [1.82, 2.24) is 4.90 Å². The summed E-state index contributed by atoms with van der Waals surface area (Å²) in [6.45, 7) is 1.68. The molecule has 0 N–H and O–H groups in total. The van der Waals surface area contributed by atoms with E-state index in [1.54, 1.807) is 6.92 Å². The number of benzene rings is 1. The van der Waals surface area contributed by atoms with Crippen molar-refractivity contribution < 1.29 is 19.1 Å². The minimum Gasteiger partial charge on any atom is -0.459 e. The molecule has 0 bridgehead atoms. The summed E-state index contributed by atoms with van der Waals surface area (Å²) in [5, 5.41) is 0. The Labute approximate surface area is 134 Å². The maximum atomic E-state index is 12.4. The molecule has 5 heteroatoms. The van der Waals surface area contributed by atoms with Gasteiger partial charge in [-0.25, -0.2) is 4.79 Å². The van der Waals surface area contributed by atoms with Crippen LogP contribution in [0.25, 0.3) is 0 Å². The molecule has 2 aliphatic rings. The van der Waals surface area contributed by atoms with Gasteiger partial charge in [-0.15, -0.1) is 0 Å². The molecule has 1 aliphatic carbocycles. The number of hydrogen-bond donors (Lipinski definition) is 0. The number of fused-ring (bicyclic) bond motifs is 1. The Balaban J connectivity index is 1.65. The van der Waals surface area contributed by atoms with E-state index in [0.717, 1.165) is 10.5 Å². The molecule has 1 heterocycles. The predicted octanol–water partition coefficient (Wildman–Crippen LogP) is 2.07. The highest BCUT2D eigenvalue weighted by Gasteiger charge is 2.50. The van der Waals surface area contributed by atoms with E-state index in [2.05, 4.69) is 0 Å². The van der Waals surface area contributed by atoms with Gasteiger partial charge in [0.05, 0.1) is 11.8 Å². The number of imide groups is 1. The Morgan fingerprint density at radius 3 is 2.26 bits per heavy atom. The van der Waals surface area contributed by atoms with Gasteiger partial charge in [-0.3, -0.25) is 14.5 Å². The Hall–Kier alpha value is -2.43. The quantitative estimate of drug-likeness (QED) is 0.485. The normalized spacial score (nSPS) is 24.5. The van der Waals surface area contributed by atoms with Gasteiger partial charge in [0.15, 0.2) is 0 Å². The summed E-state index contributed by atoms with van der Waals surface area (Å²) < 4.78 is 5.25. The third-order valence-electron chi connectivity index (χ3n) is 4.49. The van der Waals surface area contributed by atoms with Crippen LogP contribution in [0.1, 0.15) is 25.3 Å². The van der Waals surface area contributed by atoms with Crippen LogP contribution in [0.5, 0.6) is 0 Å². The number of carbonyl (C=O) groups excluding carboxylic acids is 3. The number of nitrogens with zero attached hydrogens (tertiary/aromatic N) is 1. The van der Waals surface area contributed by atoms with E-state index in [9.17, 15) is 14.4 Å². The van der Waals surface area contributed by atoms with Gasteiger partial charge in [-0.2, -0.15) is 0 Å². The van der Waals surface area contributed by atoms with Crippen LogP contribution in [0.15, 0.2) is 42.5 Å². The average Bonchev–Trinajstić information content (AvgIpc) is 2.84. The van der Waals surface area contributed by atoms with Crippen LogP contribution in [0.4, 0.5) is 0 Å². The molecule has 1 saturated heterocycles. The number of allylic oxidation sites excluding steroid dienone is 2. The summed E-state index contributed by atoms with van der Waals surface area (Å²) in [6, 6.07) is 8.42. The van der Waals surface area contributed by atoms with Gasteiger partial charge in [0.25, 0.3) is 0 Å². The van der Waals surface area contributed by atoms with E-state index in [-0.39, 0.29) is 30.3 Å². The average molecular weight is 313 g/mol. The van der Waals surface area contributed by atoms with Gasteiger partial charge in [-0.1, -0.05) is 42.5 Å². The van der Waals surface area contributed by atoms with E-state index in [0.29, 0.717) is 12.8 Å². The van der Waals surface area contributed by atoms with Crippen molar-refractivity contribution in [3.63, 3.8) is 0 Å². The Bertz CT molecular complexity index is 626. The largest absolute Gasteiger partial charge is 0.459 e. The van der Waals surface area contributed by atoms with Crippen molar-refractivity contribution in [2.75, 3.05) is 0 Å². The van der Waals surface area contributed by atoms with Gasteiger partial charge < -0.3 is 4.74 Å². The van der Waals surface area contributed by atoms with Crippen LogP contribution in [0, 0.1) is 11.8 Å². The first kappa shape index (κ1) is 15.5. The van der Waals surface area contributed by atoms with E-state index in [1.165, 1.54) is 0 Å². The number of carbonyl (C=O) groups is 3. The van der Waals surface area contributed by atoms with Gasteiger partial charge in [-0.05, 0) is 25.3 Å². The Kier molecular flexibility index (Phi) is 4.28. The van der Waals surface area contributed by atoms with E-state index in [1.807, 2.05) is 42.5 Å². The fourth-order valence-electron chi connectivity index (χ4n) is 3.16. The van der Waals surface area contributed by atoms with Gasteiger partial charge in [0, 0.05) is 0 Å². The zero-order chi connectivity index (χ0) is 16.4. The third kappa shape index (κ3) is 2.91. The second-order valence-electron chi connectivity index (χ2n) is 5.97. The first-order valence-corrected chi connectivity index (χ1v) is 7.82. The van der Waals surface area contributed by atoms with Crippen molar-refractivity contribution in [2.45, 2.75) is 32.4 Å². The number of likely N-dealkylation sites (tertiary alicyclic amines) is 1. The summed E-state index contributed by atoms with van der Waals surface area (Å²) in [6.07, 6.45) is 4.98. The van der Waals surface area contributed by atoms with Crippen LogP contribution in [0.3, 0.4) is 0 Å². The maximum Gasteiger partial charge on any atom is 0.329 e. The molecule has 1 aromatic carbocycles. The lowest BCUT2D eigenvalue weighted by atomic mass is 9.85. The van der Waals surface area contributed by atoms with Crippen molar-refractivity contribution in [1.29, 1.82) is 0 Å². The molecule has 0 aromatic heterocycles. The van der Waals surface area contributed by atoms with Crippen molar-refractivity contribution in [3.8, 4) is 0 Å². The van der Waals surface area contributed by atoms with Crippen LogP contribution in [-0.4, -0.2) is 28.7 Å². The number of hydrogen-bond acceptors (Lipinski definition) is 4. The topological polar surface area (TPSA) is 63.7 Å². The standard InChI is InChI=1S/C18H19NO4/c1-12(18(22)23-11-13-7-3-2-4-8-13)19-16(20)14-9-5-6-10-15(14)17(19)21/h2-8,12,14-15H,9-11H2,1H3/t12-,14+,15+/m0/s1. The molecule has 0 spiro atoms. The molecule has 1 fully saturated rings. The molecule has 120 valence electrons. The third-order valence-corrected chi connectivity index (χ3v) is 4.49. The highest BCUT2D eigenvalue weighted by molar-refractivity contribution is 6.08. The van der Waals surface area contributed by atoms with Crippen molar-refractivity contribution in [3.05, 3.63) is 48.0 Å². The first-order chi connectivity index (χ1) is 11.1. The highest BCUT2D eigenvalue weighted by atomic mass is 16.5. The lowest BCUT2D eigenvalue weighted by molar-refractivity contribution is -0.159. The predicted molar refractivity (Wildman–Crippen MR) is 82.9 cm³/mol. The summed E-state index contributed by atoms with van der Waals surface area (Å²) >= 11 is 0. The summed E-state index contributed by atoms with van der Waals surface area (Å²) in [7, 11) is 0. The van der Waals surface area contributed by atoms with E-state index < -0.39 is 12.0 Å². The minimum atomic E-state index is -0.885. The highest BCUT2D eigenvalue weighted by Crippen LogP contribution is 2.36. The molecule has 0 unspecified atom stereocenters. The first-order valence-electron chi connectivity index (χ1n) is 7.82. The van der Waals surface area contributed by atoms with Crippen LogP contribution >= 0.6 is 0 Å². The van der Waals surface area contributed by atoms with Gasteiger partial charge in [0.1, 0.15) is 12.6 Å². The molecule has 3 atom stereocenters. The van der Waals surface area contributed by atoms with Gasteiger partial charge >= 0.3 is 5.97 Å². The maximum absolute atomic E-state index is 12.4. The fourth-order valence-corrected chi connectivity index (χ4v) is 3.16. The molecule has 1 aliphatic heterocycles. The minimum absolute atomic E-state index is 0.134. The van der Waals surface area contributed by atoms with Crippen molar-refractivity contribution >= 4 is 17.8 Å². The van der Waals surface area contributed by atoms with Crippen LogP contribution in [-0.2, 0) is 25.7 Å². The molecule has 3 rings (SSSR count). The van der Waals surface area contributed by atoms with E-state index in [4.69, 9.17) is 4.74 Å². The zero-order valence-electron chi connectivity index (χ0n) is 13.0. The fraction of sp³-hybridized carbons (Fsp3) is 0.389. The summed E-state index contributed by atoms with van der Waals surface area (Å²) in [5.74, 6) is -1.71. The number of rotatable bonds is 4. The van der Waals surface area contributed by atoms with Crippen molar-refractivity contribution in [2.24, 2.45) is 11.8 Å². The number of amides is 2. The van der Waals surface area contributed by atoms with E-state index >= 15 is 0 Å². The SMILES string of the molecule is C[C@@H](C(=O)OCc1ccccc1)N1C(=O)[C@@H]2CC=CC[C@H]2C1=O. The molecular formula is C18H19NO4. The van der Waals surface area contributed by atoms with Gasteiger partial charge in [0.2, 0.25) is 11.8 Å². The molecule has 0 saturated carbocycles. The second-order valence-corrected chi connectivity index (χ2v) is 5.97. The summed E-state index contributed by atoms with van der Waals surface area (Å²) in [4.78, 5) is 38.2. The zero-order valence-corrected chi connectivity index (χ0v) is 13.0. The molecule has 5 nitrogen and oxygen atoms in total. The lowest BCUT2D eigenvalue weighted by Gasteiger charge is -2.21. The second kappa shape index (κ2) is 6.36. The molecule has 23 heavy (non-hydrogen) atoms. The molecule has 2 amide bonds. The lowest BCUT2D eigenvalue weighted by Crippen LogP contribution is -2.44. The molecule has 1 aromatic rings. The summed E-state index contributed by atoms with van der Waals surface area (Å²) in [5.41, 5.74) is 0.866. The Morgan fingerprint density at radius 1 is 1.13 bits per heavy atom. The monoisotopic (exact) mass is 313 g/mol. The van der Waals surface area contributed by atoms with Crippen LogP contribution < -0.4 is 0 Å². The number of ether oxygens (including phenoxy) is 1. The Morgan fingerprint density at radius 2 is 1.70 bits per heavy atom. The molecule has 0 radical (unpaired) electrons. The smallest absolute Gasteiger partial charge is 0.329 e. The number of esters is 1.